The van der Waals surface area contributed by atoms with Gasteiger partial charge in [0.25, 0.3) is 11.8 Å². The molecule has 10 heteroatoms. The summed E-state index contributed by atoms with van der Waals surface area (Å²) in [6.45, 7) is 3.20. The highest BCUT2D eigenvalue weighted by atomic mass is 35.5. The topological polar surface area (TPSA) is 160 Å². The fraction of sp³-hybridized carbons (Fsp3) is 0.238. The molecule has 0 unspecified atom stereocenters. The molecule has 2 aromatic carbocycles. The van der Waals surface area contributed by atoms with Gasteiger partial charge < -0.3 is 26.8 Å². The van der Waals surface area contributed by atoms with Crippen LogP contribution in [-0.2, 0) is 16.1 Å². The Hall–Kier alpha value is -3.59. The first-order chi connectivity index (χ1) is 14.6. The molecule has 9 nitrogen and oxygen atoms in total. The van der Waals surface area contributed by atoms with Crippen molar-refractivity contribution in [2.75, 3.05) is 11.9 Å². The molecule has 0 saturated carbocycles. The number of nitrogens with one attached hydrogen (secondary N) is 3. The maximum absolute atomic E-state index is 12.6. The lowest BCUT2D eigenvalue weighted by Crippen LogP contribution is -2.25. The first-order valence-electron chi connectivity index (χ1n) is 9.35. The summed E-state index contributed by atoms with van der Waals surface area (Å²) in [5, 5.41) is 13.3. The minimum Gasteiger partial charge on any atom is -0.483 e. The Morgan fingerprint density at radius 2 is 1.81 bits per heavy atom. The first kappa shape index (κ1) is 23.7. The van der Waals surface area contributed by atoms with Gasteiger partial charge in [-0.05, 0) is 24.3 Å². The molecule has 2 rings (SSSR count). The molecular weight excluding hydrogens is 422 g/mol. The zero-order valence-corrected chi connectivity index (χ0v) is 17.9. The Labute approximate surface area is 184 Å². The van der Waals surface area contributed by atoms with Crippen molar-refractivity contribution in [3.05, 3.63) is 58.1 Å². The molecule has 0 radical (unpaired) electrons. The predicted octanol–water partition coefficient (Wildman–Crippen LogP) is 2.01. The number of halogens is 1. The number of anilines is 1. The van der Waals surface area contributed by atoms with E-state index >= 15 is 0 Å². The lowest BCUT2D eigenvalue weighted by molar-refractivity contribution is -0.120. The van der Waals surface area contributed by atoms with Crippen molar-refractivity contribution in [1.82, 2.24) is 5.32 Å². The summed E-state index contributed by atoms with van der Waals surface area (Å²) in [4.78, 5) is 35.6. The monoisotopic (exact) mass is 445 g/mol. The molecule has 0 heterocycles. The van der Waals surface area contributed by atoms with Crippen LogP contribution < -0.4 is 26.8 Å². The van der Waals surface area contributed by atoms with Crippen LogP contribution in [0, 0.1) is 11.3 Å². The van der Waals surface area contributed by atoms with Crippen molar-refractivity contribution in [1.29, 1.82) is 5.41 Å². The third kappa shape index (κ3) is 7.00. The third-order valence-corrected chi connectivity index (χ3v) is 4.36. The summed E-state index contributed by atoms with van der Waals surface area (Å²) in [5.74, 6) is -1.43. The SMILES string of the molecule is CC(C)C(=O)Nc1cc(Cl)cc(C(=O)NCc2ccc(C(=N)N)cc2OCC(N)=O)c1. The quantitative estimate of drug-likeness (QED) is 0.294. The lowest BCUT2D eigenvalue weighted by atomic mass is 10.1. The van der Waals surface area contributed by atoms with E-state index in [0.717, 1.165) is 0 Å². The predicted molar refractivity (Wildman–Crippen MR) is 118 cm³/mol. The maximum Gasteiger partial charge on any atom is 0.255 e. The van der Waals surface area contributed by atoms with E-state index in [1.54, 1.807) is 32.0 Å². The van der Waals surface area contributed by atoms with Gasteiger partial charge in [-0.1, -0.05) is 37.6 Å². The van der Waals surface area contributed by atoms with Gasteiger partial charge in [0.05, 0.1) is 0 Å². The average Bonchev–Trinajstić information content (AvgIpc) is 2.69. The molecule has 0 aliphatic rings. The maximum atomic E-state index is 12.6. The second-order valence-corrected chi connectivity index (χ2v) is 7.48. The molecule has 164 valence electrons. The van der Waals surface area contributed by atoms with Crippen LogP contribution in [0.1, 0.15) is 35.3 Å². The fourth-order valence-corrected chi connectivity index (χ4v) is 2.74. The highest BCUT2D eigenvalue weighted by Crippen LogP contribution is 2.22. The number of nitrogen functional groups attached to an aromatic ring is 1. The second kappa shape index (κ2) is 10.4. The molecule has 31 heavy (non-hydrogen) atoms. The molecule has 7 N–H and O–H groups in total. The van der Waals surface area contributed by atoms with Crippen LogP contribution in [-0.4, -0.2) is 30.2 Å². The summed E-state index contributed by atoms with van der Waals surface area (Å²) in [6.07, 6.45) is 0. The first-order valence-corrected chi connectivity index (χ1v) is 9.72. The number of carbonyl (C=O) groups is 3. The molecule has 0 saturated heterocycles. The third-order valence-electron chi connectivity index (χ3n) is 4.14. The summed E-state index contributed by atoms with van der Waals surface area (Å²) < 4.78 is 5.39. The van der Waals surface area contributed by atoms with Gasteiger partial charge in [0, 0.05) is 39.9 Å². The summed E-state index contributed by atoms with van der Waals surface area (Å²) in [5.41, 5.74) is 12.2. The standard InChI is InChI=1S/C21H24ClN5O4/c1-11(2)20(29)27-16-6-14(5-15(22)8-16)21(30)26-9-13-4-3-12(19(24)25)7-17(13)31-10-18(23)28/h3-8,11H,9-10H2,1-2H3,(H2,23,28)(H3,24,25)(H,26,30)(H,27,29). The zero-order chi connectivity index (χ0) is 23.1. The highest BCUT2D eigenvalue weighted by Gasteiger charge is 2.14. The number of carbonyl (C=O) groups excluding carboxylic acids is 3. The number of hydrogen-bond acceptors (Lipinski definition) is 5. The van der Waals surface area contributed by atoms with E-state index in [1.807, 2.05) is 0 Å². The Morgan fingerprint density at radius 3 is 2.42 bits per heavy atom. The van der Waals surface area contributed by atoms with Crippen LogP contribution in [0.2, 0.25) is 5.02 Å². The number of amidine groups is 1. The van der Waals surface area contributed by atoms with Crippen molar-refractivity contribution in [3.8, 4) is 5.75 Å². The summed E-state index contributed by atoms with van der Waals surface area (Å²) in [7, 11) is 0. The van der Waals surface area contributed by atoms with Gasteiger partial charge in [0.15, 0.2) is 6.61 Å². The number of hydrogen-bond donors (Lipinski definition) is 5. The Bertz CT molecular complexity index is 1020. The molecule has 0 aliphatic carbocycles. The van der Waals surface area contributed by atoms with Crippen LogP contribution in [0.25, 0.3) is 0 Å². The molecule has 0 aliphatic heterocycles. The normalized spacial score (nSPS) is 10.5. The Balaban J connectivity index is 2.18. The smallest absolute Gasteiger partial charge is 0.255 e. The molecule has 0 aromatic heterocycles. The van der Waals surface area contributed by atoms with Gasteiger partial charge in [-0.15, -0.1) is 0 Å². The van der Waals surface area contributed by atoms with Gasteiger partial charge in [-0.2, -0.15) is 0 Å². The second-order valence-electron chi connectivity index (χ2n) is 7.05. The van der Waals surface area contributed by atoms with Gasteiger partial charge in [0.1, 0.15) is 11.6 Å². The molecule has 0 atom stereocenters. The summed E-state index contributed by atoms with van der Waals surface area (Å²) >= 11 is 6.09. The molecule has 0 bridgehead atoms. The van der Waals surface area contributed by atoms with Gasteiger partial charge in [0.2, 0.25) is 5.91 Å². The Morgan fingerprint density at radius 1 is 1.10 bits per heavy atom. The van der Waals surface area contributed by atoms with Crippen LogP contribution in [0.5, 0.6) is 5.75 Å². The number of primary amides is 1. The van der Waals surface area contributed by atoms with Crippen LogP contribution in [0.3, 0.4) is 0 Å². The van der Waals surface area contributed by atoms with E-state index in [1.165, 1.54) is 18.2 Å². The van der Waals surface area contributed by atoms with E-state index in [2.05, 4.69) is 10.6 Å². The largest absolute Gasteiger partial charge is 0.483 e. The minimum atomic E-state index is -0.668. The molecule has 0 spiro atoms. The zero-order valence-electron chi connectivity index (χ0n) is 17.1. The van der Waals surface area contributed by atoms with E-state index in [9.17, 15) is 14.4 Å². The average molecular weight is 446 g/mol. The van der Waals surface area contributed by atoms with Crippen molar-refractivity contribution < 1.29 is 19.1 Å². The van der Waals surface area contributed by atoms with Crippen molar-refractivity contribution in [2.45, 2.75) is 20.4 Å². The minimum absolute atomic E-state index is 0.0608. The summed E-state index contributed by atoms with van der Waals surface area (Å²) in [6, 6.07) is 9.26. The molecular formula is C21H24ClN5O4. The van der Waals surface area contributed by atoms with E-state index in [0.29, 0.717) is 21.8 Å². The number of nitrogens with two attached hydrogens (primary N) is 2. The van der Waals surface area contributed by atoms with Gasteiger partial charge in [-0.25, -0.2) is 0 Å². The van der Waals surface area contributed by atoms with E-state index in [4.69, 9.17) is 33.2 Å². The Kier molecular flexibility index (Phi) is 7.98. The van der Waals surface area contributed by atoms with E-state index in [-0.39, 0.29) is 42.1 Å². The fourth-order valence-electron chi connectivity index (χ4n) is 2.51. The van der Waals surface area contributed by atoms with Gasteiger partial charge >= 0.3 is 0 Å². The van der Waals surface area contributed by atoms with Crippen LogP contribution in [0.15, 0.2) is 36.4 Å². The highest BCUT2D eigenvalue weighted by molar-refractivity contribution is 6.31. The number of ether oxygens (including phenoxy) is 1. The number of amides is 3. The van der Waals surface area contributed by atoms with E-state index < -0.39 is 11.8 Å². The van der Waals surface area contributed by atoms with Crippen LogP contribution >= 0.6 is 11.6 Å². The van der Waals surface area contributed by atoms with Crippen LogP contribution in [0.4, 0.5) is 5.69 Å². The van der Waals surface area contributed by atoms with Gasteiger partial charge in [-0.3, -0.25) is 19.8 Å². The molecule has 2 aromatic rings. The molecule has 3 amide bonds. The van der Waals surface area contributed by atoms with Crippen molar-refractivity contribution in [2.24, 2.45) is 17.4 Å². The van der Waals surface area contributed by atoms with Crippen molar-refractivity contribution in [3.63, 3.8) is 0 Å². The number of benzene rings is 2. The molecule has 0 fully saturated rings. The van der Waals surface area contributed by atoms with Crippen molar-refractivity contribution >= 4 is 40.8 Å². The number of rotatable bonds is 9. The lowest BCUT2D eigenvalue weighted by Gasteiger charge is -2.14.